The second-order valence-electron chi connectivity index (χ2n) is 8.33. The number of carbonyl (C=O) groups is 4. The van der Waals surface area contributed by atoms with Crippen LogP contribution in [-0.2, 0) is 32.0 Å². The molecule has 0 aliphatic carbocycles. The summed E-state index contributed by atoms with van der Waals surface area (Å²) < 4.78 is 0. The highest BCUT2D eigenvalue weighted by Gasteiger charge is 2.52. The molecule has 9 nitrogen and oxygen atoms in total. The largest absolute Gasteiger partial charge is 0.372 e. The van der Waals surface area contributed by atoms with Crippen LogP contribution in [0.15, 0.2) is 36.4 Å². The summed E-state index contributed by atoms with van der Waals surface area (Å²) in [5.41, 5.74) is 2.07. The number of rotatable bonds is 3. The molecule has 4 N–H and O–H groups in total. The lowest BCUT2D eigenvalue weighted by Gasteiger charge is -2.24. The van der Waals surface area contributed by atoms with Crippen LogP contribution in [-0.4, -0.2) is 40.9 Å². The van der Waals surface area contributed by atoms with Crippen LogP contribution >= 0.6 is 0 Å². The maximum absolute atomic E-state index is 13.0. The second kappa shape index (κ2) is 7.45. The minimum Gasteiger partial charge on any atom is -0.372 e. The first kappa shape index (κ1) is 20.2. The van der Waals surface area contributed by atoms with Crippen molar-refractivity contribution in [2.75, 3.05) is 27.4 Å². The molecule has 0 radical (unpaired) electrons. The lowest BCUT2D eigenvalue weighted by molar-refractivity contribution is -0.145. The average Bonchev–Trinajstić information content (AvgIpc) is 3.09. The van der Waals surface area contributed by atoms with E-state index < -0.39 is 17.4 Å². The molecule has 4 amide bonds. The third-order valence-electron chi connectivity index (χ3n) is 6.23. The van der Waals surface area contributed by atoms with Gasteiger partial charge in [0.05, 0.1) is 0 Å². The van der Waals surface area contributed by atoms with Crippen LogP contribution in [0.3, 0.4) is 0 Å². The fourth-order valence-electron chi connectivity index (χ4n) is 4.40. The summed E-state index contributed by atoms with van der Waals surface area (Å²) in [6, 6.07) is 10.3. The number of fused-ring (bicyclic) bond motifs is 2. The number of benzene rings is 2. The van der Waals surface area contributed by atoms with Crippen LogP contribution in [0.5, 0.6) is 0 Å². The van der Waals surface area contributed by atoms with Gasteiger partial charge in [-0.25, -0.2) is 0 Å². The van der Waals surface area contributed by atoms with Crippen molar-refractivity contribution in [2.45, 2.75) is 37.7 Å². The average molecular weight is 434 g/mol. The van der Waals surface area contributed by atoms with E-state index in [1.807, 2.05) is 6.07 Å². The third kappa shape index (κ3) is 3.40. The first-order valence-corrected chi connectivity index (χ1v) is 10.5. The van der Waals surface area contributed by atoms with Crippen molar-refractivity contribution in [2.24, 2.45) is 0 Å². The molecule has 3 aliphatic heterocycles. The highest BCUT2D eigenvalue weighted by atomic mass is 16.3. The molecular weight excluding hydrogens is 412 g/mol. The van der Waals surface area contributed by atoms with Gasteiger partial charge in [-0.05, 0) is 60.4 Å². The molecule has 0 bridgehead atoms. The molecule has 3 heterocycles. The smallest absolute Gasteiger partial charge is 0.268 e. The fourth-order valence-corrected chi connectivity index (χ4v) is 4.40. The predicted molar refractivity (Wildman–Crippen MR) is 117 cm³/mol. The molecule has 164 valence electrons. The standard InChI is InChI=1S/C23H22N4O5/c28-19-7-1-13-11-15(3-5-17(13)25-19)24-21(30)23(32)9-10-27(22(23)31)16-4-6-18-14(12-16)2-8-20(29)26-18/h3-6,11-12,32H,1-2,7-10H2,(H,24,30)(H,25,28)(H,26,29). The van der Waals surface area contributed by atoms with Gasteiger partial charge in [-0.1, -0.05) is 0 Å². The Kier molecular flexibility index (Phi) is 4.70. The van der Waals surface area contributed by atoms with E-state index in [2.05, 4.69) is 16.0 Å². The van der Waals surface area contributed by atoms with Crippen LogP contribution < -0.4 is 20.9 Å². The molecule has 0 spiro atoms. The van der Waals surface area contributed by atoms with E-state index >= 15 is 0 Å². The number of carbonyl (C=O) groups excluding carboxylic acids is 4. The summed E-state index contributed by atoms with van der Waals surface area (Å²) in [5.74, 6) is -1.56. The van der Waals surface area contributed by atoms with E-state index in [9.17, 15) is 24.3 Å². The van der Waals surface area contributed by atoms with Gasteiger partial charge in [0.25, 0.3) is 11.8 Å². The molecule has 3 aliphatic rings. The van der Waals surface area contributed by atoms with Crippen molar-refractivity contribution in [1.82, 2.24) is 0 Å². The molecule has 1 fully saturated rings. The Labute approximate surface area is 183 Å². The van der Waals surface area contributed by atoms with E-state index in [0.29, 0.717) is 48.4 Å². The van der Waals surface area contributed by atoms with Crippen molar-refractivity contribution >= 4 is 46.4 Å². The number of anilines is 4. The highest BCUT2D eigenvalue weighted by molar-refractivity contribution is 6.20. The van der Waals surface area contributed by atoms with E-state index in [0.717, 1.165) is 11.1 Å². The Balaban J connectivity index is 1.33. The molecule has 32 heavy (non-hydrogen) atoms. The van der Waals surface area contributed by atoms with Gasteiger partial charge in [0.15, 0.2) is 0 Å². The van der Waals surface area contributed by atoms with Gasteiger partial charge in [-0.15, -0.1) is 0 Å². The number of hydrogen-bond acceptors (Lipinski definition) is 5. The van der Waals surface area contributed by atoms with Crippen LogP contribution in [0.4, 0.5) is 22.7 Å². The second-order valence-corrected chi connectivity index (χ2v) is 8.33. The maximum atomic E-state index is 13.0. The monoisotopic (exact) mass is 434 g/mol. The number of nitrogens with one attached hydrogen (secondary N) is 3. The van der Waals surface area contributed by atoms with Crippen LogP contribution in [0.25, 0.3) is 0 Å². The molecule has 0 saturated carbocycles. The third-order valence-corrected chi connectivity index (χ3v) is 6.23. The first-order valence-electron chi connectivity index (χ1n) is 10.5. The quantitative estimate of drug-likeness (QED) is 0.545. The van der Waals surface area contributed by atoms with Crippen LogP contribution in [0, 0.1) is 0 Å². The molecule has 5 rings (SSSR count). The van der Waals surface area contributed by atoms with Crippen LogP contribution in [0.1, 0.15) is 30.4 Å². The van der Waals surface area contributed by atoms with E-state index in [-0.39, 0.29) is 24.8 Å². The Morgan fingerprint density at radius 3 is 2.22 bits per heavy atom. The number of aryl methyl sites for hydroxylation is 2. The molecule has 1 saturated heterocycles. The van der Waals surface area contributed by atoms with Gasteiger partial charge >= 0.3 is 0 Å². The van der Waals surface area contributed by atoms with Crippen LogP contribution in [0.2, 0.25) is 0 Å². The minimum absolute atomic E-state index is 0.0352. The van der Waals surface area contributed by atoms with Crippen molar-refractivity contribution in [1.29, 1.82) is 0 Å². The van der Waals surface area contributed by atoms with E-state index in [1.165, 1.54) is 4.90 Å². The van der Waals surface area contributed by atoms with Crippen molar-refractivity contribution in [3.8, 4) is 0 Å². The Morgan fingerprint density at radius 1 is 0.906 bits per heavy atom. The van der Waals surface area contributed by atoms with Gasteiger partial charge in [0.1, 0.15) is 0 Å². The summed E-state index contributed by atoms with van der Waals surface area (Å²) in [6.07, 6.45) is 1.83. The number of aliphatic hydroxyl groups is 1. The number of hydrogen-bond donors (Lipinski definition) is 4. The van der Waals surface area contributed by atoms with E-state index in [1.54, 1.807) is 30.3 Å². The van der Waals surface area contributed by atoms with E-state index in [4.69, 9.17) is 0 Å². The van der Waals surface area contributed by atoms with Crippen molar-refractivity contribution < 1.29 is 24.3 Å². The molecule has 2 aromatic rings. The highest BCUT2D eigenvalue weighted by Crippen LogP contribution is 2.34. The summed E-state index contributed by atoms with van der Waals surface area (Å²) in [7, 11) is 0. The zero-order valence-electron chi connectivity index (χ0n) is 17.2. The molecule has 0 aromatic heterocycles. The molecule has 1 unspecified atom stereocenters. The number of amides is 4. The maximum Gasteiger partial charge on any atom is 0.268 e. The van der Waals surface area contributed by atoms with Gasteiger partial charge in [-0.3, -0.25) is 19.2 Å². The van der Waals surface area contributed by atoms with Gasteiger partial charge in [0.2, 0.25) is 17.4 Å². The molecule has 1 atom stereocenters. The fraction of sp³-hybridized carbons (Fsp3) is 0.304. The molecule has 9 heteroatoms. The van der Waals surface area contributed by atoms with Gasteiger partial charge < -0.3 is 26.0 Å². The summed E-state index contributed by atoms with van der Waals surface area (Å²) >= 11 is 0. The zero-order valence-corrected chi connectivity index (χ0v) is 17.2. The Bertz CT molecular complexity index is 1180. The Morgan fingerprint density at radius 2 is 1.53 bits per heavy atom. The lowest BCUT2D eigenvalue weighted by Crippen LogP contribution is -2.49. The van der Waals surface area contributed by atoms with Gasteiger partial charge in [0, 0.05) is 48.6 Å². The minimum atomic E-state index is -2.17. The summed E-state index contributed by atoms with van der Waals surface area (Å²) in [6.45, 7) is 0.199. The zero-order chi connectivity index (χ0) is 22.5. The topological polar surface area (TPSA) is 128 Å². The first-order chi connectivity index (χ1) is 15.3. The Hall–Kier alpha value is -3.72. The summed E-state index contributed by atoms with van der Waals surface area (Å²) in [4.78, 5) is 50.4. The summed E-state index contributed by atoms with van der Waals surface area (Å²) in [5, 5.41) is 19.2. The lowest BCUT2D eigenvalue weighted by atomic mass is 9.99. The number of nitrogens with zero attached hydrogens (tertiary/aromatic N) is 1. The van der Waals surface area contributed by atoms with Crippen molar-refractivity contribution in [3.05, 3.63) is 47.5 Å². The van der Waals surface area contributed by atoms with Crippen molar-refractivity contribution in [3.63, 3.8) is 0 Å². The molecule has 2 aromatic carbocycles. The predicted octanol–water partition coefficient (Wildman–Crippen LogP) is 1.56. The SMILES string of the molecule is O=C1CCc2cc(NC(=O)C3(O)CCN(c4ccc5c(c4)CCC(=O)N5)C3=O)ccc2N1. The normalized spacial score (nSPS) is 22.0. The molecular formula is C23H22N4O5. The van der Waals surface area contributed by atoms with Gasteiger partial charge in [-0.2, -0.15) is 0 Å².